The van der Waals surface area contributed by atoms with Crippen molar-refractivity contribution in [1.82, 2.24) is 0 Å². The van der Waals surface area contributed by atoms with Gasteiger partial charge in [0.2, 0.25) is 0 Å². The lowest BCUT2D eigenvalue weighted by Crippen LogP contribution is -2.26. The molecule has 2 rings (SSSR count). The second kappa shape index (κ2) is 10.2. The van der Waals surface area contributed by atoms with Crippen molar-refractivity contribution in [2.45, 2.75) is 87.5 Å². The van der Waals surface area contributed by atoms with Crippen LogP contribution in [0.25, 0.3) is 0 Å². The van der Waals surface area contributed by atoms with Crippen molar-refractivity contribution < 1.29 is 9.59 Å². The number of hydrogen-bond acceptors (Lipinski definition) is 2. The highest BCUT2D eigenvalue weighted by Gasteiger charge is 2.30. The maximum absolute atomic E-state index is 10.9. The van der Waals surface area contributed by atoms with Crippen molar-refractivity contribution in [2.75, 3.05) is 0 Å². The van der Waals surface area contributed by atoms with Crippen LogP contribution in [0.1, 0.15) is 87.5 Å². The fourth-order valence-electron chi connectivity index (χ4n) is 4.43. The van der Waals surface area contributed by atoms with Gasteiger partial charge in [-0.1, -0.05) is 57.1 Å². The molecule has 2 aliphatic rings. The van der Waals surface area contributed by atoms with Crippen LogP contribution in [0.3, 0.4) is 0 Å². The number of ketones is 2. The van der Waals surface area contributed by atoms with Crippen molar-refractivity contribution in [1.29, 1.82) is 0 Å². The number of rotatable bonds is 4. The first kappa shape index (κ1) is 24.3. The summed E-state index contributed by atoms with van der Waals surface area (Å²) in [5, 5.41) is 0. The van der Waals surface area contributed by atoms with Crippen LogP contribution in [0, 0.1) is 16.7 Å². The molecule has 0 spiro atoms. The molecule has 0 radical (unpaired) electrons. The van der Waals surface area contributed by atoms with Gasteiger partial charge in [0.25, 0.3) is 0 Å². The lowest BCUT2D eigenvalue weighted by molar-refractivity contribution is -0.113. The van der Waals surface area contributed by atoms with E-state index in [0.717, 1.165) is 0 Å². The van der Waals surface area contributed by atoms with Gasteiger partial charge >= 0.3 is 0 Å². The van der Waals surface area contributed by atoms with Crippen LogP contribution in [0.5, 0.6) is 0 Å². The summed E-state index contributed by atoms with van der Waals surface area (Å²) >= 11 is 0. The first-order chi connectivity index (χ1) is 12.9. The van der Waals surface area contributed by atoms with Crippen molar-refractivity contribution in [3.05, 3.63) is 47.1 Å². The molecule has 28 heavy (non-hydrogen) atoms. The van der Waals surface area contributed by atoms with Crippen LogP contribution < -0.4 is 0 Å². The number of allylic oxidation sites excluding steroid dienone is 8. The van der Waals surface area contributed by atoms with Gasteiger partial charge in [-0.25, -0.2) is 0 Å². The summed E-state index contributed by atoms with van der Waals surface area (Å²) in [6.07, 6.45) is 15.8. The van der Waals surface area contributed by atoms with E-state index in [0.29, 0.717) is 11.3 Å². The molecule has 0 saturated carbocycles. The van der Waals surface area contributed by atoms with E-state index >= 15 is 0 Å². The molecule has 0 aromatic heterocycles. The third kappa shape index (κ3) is 7.37. The Labute approximate surface area is 172 Å². The van der Waals surface area contributed by atoms with Gasteiger partial charge < -0.3 is 0 Å². The molecule has 1 atom stereocenters. The summed E-state index contributed by atoms with van der Waals surface area (Å²) in [5.74, 6) is 0.700. The molecule has 2 nitrogen and oxygen atoms in total. The summed E-state index contributed by atoms with van der Waals surface area (Å²) in [7, 11) is 0. The first-order valence-corrected chi connectivity index (χ1v) is 10.6. The zero-order chi connectivity index (χ0) is 21.5. The van der Waals surface area contributed by atoms with Crippen molar-refractivity contribution in [3.8, 4) is 0 Å². The molecule has 0 N–H and O–H groups in total. The average molecular weight is 385 g/mol. The van der Waals surface area contributed by atoms with Crippen LogP contribution >= 0.6 is 0 Å². The molecule has 2 heteroatoms. The maximum Gasteiger partial charge on any atom is 0.152 e. The molecular weight excluding hydrogens is 344 g/mol. The van der Waals surface area contributed by atoms with Crippen LogP contribution in [-0.2, 0) is 9.59 Å². The number of carbonyl (C=O) groups excluding carboxylic acids is 2. The van der Waals surface area contributed by atoms with E-state index in [4.69, 9.17) is 0 Å². The Morgan fingerprint density at radius 2 is 1.61 bits per heavy atom. The topological polar surface area (TPSA) is 34.1 Å². The SMILES string of the molecule is CC(=O)C=CC1=C(C)CCCC1(C)C.CC(=O)C=CC1C(C)=CCCC1(C)C. The summed E-state index contributed by atoms with van der Waals surface area (Å²) in [4.78, 5) is 21.8. The van der Waals surface area contributed by atoms with Gasteiger partial charge in [-0.15, -0.1) is 0 Å². The van der Waals surface area contributed by atoms with Gasteiger partial charge in [0.15, 0.2) is 11.6 Å². The zero-order valence-corrected chi connectivity index (χ0v) is 19.3. The fraction of sp³-hybridized carbons (Fsp3) is 0.615. The minimum absolute atomic E-state index is 0.131. The van der Waals surface area contributed by atoms with Crippen molar-refractivity contribution >= 4 is 11.6 Å². The molecule has 0 saturated heterocycles. The molecule has 0 aromatic carbocycles. The van der Waals surface area contributed by atoms with E-state index < -0.39 is 0 Å². The first-order valence-electron chi connectivity index (χ1n) is 10.6. The summed E-state index contributed by atoms with van der Waals surface area (Å²) in [5.41, 5.74) is 4.75. The normalized spacial score (nSPS) is 24.0. The third-order valence-corrected chi connectivity index (χ3v) is 6.14. The highest BCUT2D eigenvalue weighted by atomic mass is 16.1. The fourth-order valence-corrected chi connectivity index (χ4v) is 4.43. The van der Waals surface area contributed by atoms with Crippen LogP contribution in [0.4, 0.5) is 0 Å². The minimum Gasteiger partial charge on any atom is -0.295 e. The van der Waals surface area contributed by atoms with E-state index in [1.165, 1.54) is 48.8 Å². The van der Waals surface area contributed by atoms with E-state index in [2.05, 4.69) is 53.7 Å². The predicted octanol–water partition coefficient (Wildman–Crippen LogP) is 7.17. The second-order valence-corrected chi connectivity index (χ2v) is 9.80. The van der Waals surface area contributed by atoms with E-state index in [-0.39, 0.29) is 17.0 Å². The maximum atomic E-state index is 10.9. The van der Waals surface area contributed by atoms with Gasteiger partial charge in [-0.05, 0) is 88.4 Å². The van der Waals surface area contributed by atoms with Gasteiger partial charge in [0, 0.05) is 5.92 Å². The van der Waals surface area contributed by atoms with Gasteiger partial charge in [0.05, 0.1) is 0 Å². The van der Waals surface area contributed by atoms with E-state index in [1.807, 2.05) is 6.08 Å². The second-order valence-electron chi connectivity index (χ2n) is 9.80. The Hall–Kier alpha value is -1.70. The highest BCUT2D eigenvalue weighted by molar-refractivity contribution is 5.88. The largest absolute Gasteiger partial charge is 0.295 e. The molecule has 0 bridgehead atoms. The smallest absolute Gasteiger partial charge is 0.152 e. The monoisotopic (exact) mass is 384 g/mol. The number of hydrogen-bond donors (Lipinski definition) is 0. The quantitative estimate of drug-likeness (QED) is 0.380. The highest BCUT2D eigenvalue weighted by Crippen LogP contribution is 2.42. The predicted molar refractivity (Wildman–Crippen MR) is 120 cm³/mol. The molecule has 156 valence electrons. The molecule has 2 aliphatic carbocycles. The van der Waals surface area contributed by atoms with Crippen molar-refractivity contribution in [3.63, 3.8) is 0 Å². The molecule has 0 fully saturated rings. The molecule has 0 aromatic rings. The molecule has 1 unspecified atom stereocenters. The minimum atomic E-state index is 0.131. The Morgan fingerprint density at radius 1 is 1.00 bits per heavy atom. The van der Waals surface area contributed by atoms with E-state index in [1.54, 1.807) is 26.0 Å². The molecule has 0 aliphatic heterocycles. The Kier molecular flexibility index (Phi) is 8.85. The van der Waals surface area contributed by atoms with Gasteiger partial charge in [-0.3, -0.25) is 9.59 Å². The average Bonchev–Trinajstić information content (AvgIpc) is 2.52. The summed E-state index contributed by atoms with van der Waals surface area (Å²) < 4.78 is 0. The van der Waals surface area contributed by atoms with Crippen LogP contribution in [-0.4, -0.2) is 11.6 Å². The van der Waals surface area contributed by atoms with Crippen LogP contribution in [0.15, 0.2) is 47.1 Å². The van der Waals surface area contributed by atoms with Gasteiger partial charge in [-0.2, -0.15) is 0 Å². The van der Waals surface area contributed by atoms with Gasteiger partial charge in [0.1, 0.15) is 0 Å². The Bertz CT molecular complexity index is 696. The Morgan fingerprint density at radius 3 is 2.11 bits per heavy atom. The lowest BCUT2D eigenvalue weighted by atomic mass is 9.68. The summed E-state index contributed by atoms with van der Waals surface area (Å²) in [6, 6.07) is 0. The standard InChI is InChI=1S/2C13H20O/c2*1-10-6-5-9-13(3,4)12(10)8-7-11(2)14/h7-8H,5-6,9H2,1-4H3;6-8,12H,5,9H2,1-4H3. The zero-order valence-electron chi connectivity index (χ0n) is 19.3. The Balaban J connectivity index is 0.000000280. The molecule has 0 amide bonds. The summed E-state index contributed by atoms with van der Waals surface area (Å²) in [6.45, 7) is 16.6. The van der Waals surface area contributed by atoms with Crippen LogP contribution in [0.2, 0.25) is 0 Å². The third-order valence-electron chi connectivity index (χ3n) is 6.14. The van der Waals surface area contributed by atoms with E-state index in [9.17, 15) is 9.59 Å². The van der Waals surface area contributed by atoms with Crippen molar-refractivity contribution in [2.24, 2.45) is 16.7 Å². The number of carbonyl (C=O) groups is 2. The molecule has 0 heterocycles. The molecular formula is C26H40O2. The lowest BCUT2D eigenvalue weighted by Gasteiger charge is -2.36.